The van der Waals surface area contributed by atoms with E-state index in [9.17, 15) is 9.90 Å². The second-order valence-electron chi connectivity index (χ2n) is 6.19. The van der Waals surface area contributed by atoms with Gasteiger partial charge in [-0.3, -0.25) is 0 Å². The average molecular weight is 336 g/mol. The fourth-order valence-electron chi connectivity index (χ4n) is 3.28. The van der Waals surface area contributed by atoms with Crippen LogP contribution in [0.15, 0.2) is 54.6 Å². The molecule has 0 fully saturated rings. The van der Waals surface area contributed by atoms with E-state index in [1.54, 1.807) is 0 Å². The molecule has 0 heterocycles. The van der Waals surface area contributed by atoms with Gasteiger partial charge in [0.25, 0.3) is 0 Å². The van der Waals surface area contributed by atoms with E-state index in [0.717, 1.165) is 16.7 Å². The van der Waals surface area contributed by atoms with Crippen LogP contribution in [0.2, 0.25) is 0 Å². The minimum Gasteiger partial charge on any atom is -0.445 e. The zero-order valence-corrected chi connectivity index (χ0v) is 13.8. The number of carbonyl (C=O) groups excluding carboxylic acids is 1. The smallest absolute Gasteiger partial charge is 0.407 e. The number of hydrogen-bond donors (Lipinski definition) is 2. The molecule has 0 saturated carbocycles. The third kappa shape index (κ3) is 3.98. The quantitative estimate of drug-likeness (QED) is 0.899. The van der Waals surface area contributed by atoms with Gasteiger partial charge >= 0.3 is 6.09 Å². The highest BCUT2D eigenvalue weighted by Gasteiger charge is 2.36. The van der Waals surface area contributed by atoms with E-state index < -0.39 is 12.2 Å². The standard InChI is InChI=1S/C20H20N2O3/c21-11-10-17-18(12-15-8-4-5-9-16(15)19(17)23)22-20(24)25-13-14-6-2-1-3-7-14/h1-9,17-19,23H,10,12-13H2,(H,22,24)/t17?,18-,19+/m1/s1. The Balaban J connectivity index is 1.67. The minimum atomic E-state index is -0.774. The van der Waals surface area contributed by atoms with Crippen LogP contribution < -0.4 is 5.32 Å². The van der Waals surface area contributed by atoms with E-state index in [-0.39, 0.29) is 25.0 Å². The summed E-state index contributed by atoms with van der Waals surface area (Å²) < 4.78 is 5.27. The Kier molecular flexibility index (Phi) is 5.32. The molecule has 25 heavy (non-hydrogen) atoms. The van der Waals surface area contributed by atoms with Crippen molar-refractivity contribution in [3.63, 3.8) is 0 Å². The first-order valence-corrected chi connectivity index (χ1v) is 8.29. The maximum Gasteiger partial charge on any atom is 0.407 e. The summed E-state index contributed by atoms with van der Waals surface area (Å²) in [5.74, 6) is -0.357. The van der Waals surface area contributed by atoms with Crippen LogP contribution in [-0.4, -0.2) is 17.2 Å². The maximum atomic E-state index is 12.2. The molecule has 1 amide bonds. The lowest BCUT2D eigenvalue weighted by Gasteiger charge is -2.36. The number of rotatable bonds is 4. The monoisotopic (exact) mass is 336 g/mol. The number of nitriles is 1. The van der Waals surface area contributed by atoms with E-state index in [4.69, 9.17) is 10.00 Å². The summed E-state index contributed by atoms with van der Waals surface area (Å²) in [7, 11) is 0. The van der Waals surface area contributed by atoms with Crippen LogP contribution in [0.4, 0.5) is 4.79 Å². The Morgan fingerprint density at radius 2 is 1.92 bits per heavy atom. The van der Waals surface area contributed by atoms with Gasteiger partial charge in [-0.2, -0.15) is 5.26 Å². The third-order valence-corrected chi connectivity index (χ3v) is 4.58. The second-order valence-corrected chi connectivity index (χ2v) is 6.19. The number of nitrogens with zero attached hydrogens (tertiary/aromatic N) is 1. The van der Waals surface area contributed by atoms with Gasteiger partial charge in [-0.05, 0) is 23.1 Å². The molecule has 2 N–H and O–H groups in total. The Morgan fingerprint density at radius 1 is 1.20 bits per heavy atom. The van der Waals surface area contributed by atoms with Gasteiger partial charge in [0.05, 0.1) is 12.2 Å². The van der Waals surface area contributed by atoms with Crippen LogP contribution in [0, 0.1) is 17.2 Å². The van der Waals surface area contributed by atoms with Crippen molar-refractivity contribution in [2.45, 2.75) is 31.6 Å². The van der Waals surface area contributed by atoms with Crippen molar-refractivity contribution in [1.82, 2.24) is 5.32 Å². The first-order valence-electron chi connectivity index (χ1n) is 8.29. The van der Waals surface area contributed by atoms with Crippen molar-refractivity contribution >= 4 is 6.09 Å². The van der Waals surface area contributed by atoms with E-state index in [2.05, 4.69) is 11.4 Å². The molecule has 2 aromatic rings. The summed E-state index contributed by atoms with van der Waals surface area (Å²) in [5.41, 5.74) is 2.72. The summed E-state index contributed by atoms with van der Waals surface area (Å²) >= 11 is 0. The van der Waals surface area contributed by atoms with Gasteiger partial charge in [0.1, 0.15) is 6.61 Å². The zero-order valence-electron chi connectivity index (χ0n) is 13.8. The number of hydrogen-bond acceptors (Lipinski definition) is 4. The summed E-state index contributed by atoms with van der Waals surface area (Å²) in [4.78, 5) is 12.2. The molecule has 0 saturated heterocycles. The molecule has 128 valence electrons. The number of carbonyl (C=O) groups is 1. The number of aliphatic hydroxyl groups excluding tert-OH is 1. The van der Waals surface area contributed by atoms with Gasteiger partial charge in [0, 0.05) is 18.4 Å². The maximum absolute atomic E-state index is 12.2. The molecule has 5 heteroatoms. The van der Waals surface area contributed by atoms with E-state index in [1.807, 2.05) is 54.6 Å². The van der Waals surface area contributed by atoms with E-state index in [0.29, 0.717) is 6.42 Å². The van der Waals surface area contributed by atoms with Crippen LogP contribution in [0.25, 0.3) is 0 Å². The molecule has 1 unspecified atom stereocenters. The highest BCUT2D eigenvalue weighted by Crippen LogP contribution is 2.36. The summed E-state index contributed by atoms with van der Waals surface area (Å²) in [6.45, 7) is 0.182. The molecule has 0 aromatic heterocycles. The Bertz CT molecular complexity index is 770. The fraction of sp³-hybridized carbons (Fsp3) is 0.300. The summed E-state index contributed by atoms with van der Waals surface area (Å²) in [5, 5.41) is 22.5. The van der Waals surface area contributed by atoms with Crippen molar-refractivity contribution in [1.29, 1.82) is 5.26 Å². The van der Waals surface area contributed by atoms with Gasteiger partial charge < -0.3 is 15.2 Å². The van der Waals surface area contributed by atoms with Crippen molar-refractivity contribution in [3.8, 4) is 6.07 Å². The number of amides is 1. The second kappa shape index (κ2) is 7.82. The topological polar surface area (TPSA) is 82.4 Å². The Hall–Kier alpha value is -2.84. The highest BCUT2D eigenvalue weighted by atomic mass is 16.5. The largest absolute Gasteiger partial charge is 0.445 e. The normalized spacial score (nSPS) is 21.7. The van der Waals surface area contributed by atoms with Gasteiger partial charge in [-0.1, -0.05) is 54.6 Å². The highest BCUT2D eigenvalue weighted by molar-refractivity contribution is 5.68. The molecular weight excluding hydrogens is 316 g/mol. The third-order valence-electron chi connectivity index (χ3n) is 4.58. The lowest BCUT2D eigenvalue weighted by molar-refractivity contribution is 0.0691. The Morgan fingerprint density at radius 3 is 2.68 bits per heavy atom. The molecular formula is C20H20N2O3. The number of alkyl carbamates (subject to hydrolysis) is 1. The number of benzene rings is 2. The van der Waals surface area contributed by atoms with Gasteiger partial charge in [0.2, 0.25) is 0 Å². The summed E-state index contributed by atoms with van der Waals surface area (Å²) in [6, 6.07) is 18.8. The molecule has 2 aromatic carbocycles. The number of fused-ring (bicyclic) bond motifs is 1. The fourth-order valence-corrected chi connectivity index (χ4v) is 3.28. The van der Waals surface area contributed by atoms with Crippen molar-refractivity contribution < 1.29 is 14.6 Å². The predicted molar refractivity (Wildman–Crippen MR) is 92.4 cm³/mol. The molecule has 5 nitrogen and oxygen atoms in total. The SMILES string of the molecule is N#CCC1[C@H](NC(=O)OCc2ccccc2)Cc2ccccc2[C@@H]1O. The van der Waals surface area contributed by atoms with E-state index in [1.165, 1.54) is 0 Å². The molecule has 1 aliphatic rings. The lowest BCUT2D eigenvalue weighted by atomic mass is 9.76. The number of aliphatic hydroxyl groups is 1. The first kappa shape index (κ1) is 17.0. The molecule has 0 spiro atoms. The Labute approximate surface area is 146 Å². The average Bonchev–Trinajstić information content (AvgIpc) is 2.64. The molecule has 0 radical (unpaired) electrons. The van der Waals surface area contributed by atoms with Crippen LogP contribution in [0.5, 0.6) is 0 Å². The van der Waals surface area contributed by atoms with E-state index >= 15 is 0 Å². The van der Waals surface area contributed by atoms with Gasteiger partial charge in [-0.25, -0.2) is 4.79 Å². The number of nitrogens with one attached hydrogen (secondary N) is 1. The minimum absolute atomic E-state index is 0.166. The number of ether oxygens (including phenoxy) is 1. The first-order chi connectivity index (χ1) is 12.2. The van der Waals surface area contributed by atoms with Gasteiger partial charge in [0.15, 0.2) is 0 Å². The molecule has 3 atom stereocenters. The van der Waals surface area contributed by atoms with Crippen LogP contribution in [0.1, 0.15) is 29.2 Å². The van der Waals surface area contributed by atoms with Crippen molar-refractivity contribution in [2.75, 3.05) is 0 Å². The van der Waals surface area contributed by atoms with Crippen LogP contribution in [-0.2, 0) is 17.8 Å². The molecule has 0 aliphatic heterocycles. The predicted octanol–water partition coefficient (Wildman–Crippen LogP) is 3.10. The van der Waals surface area contributed by atoms with Crippen molar-refractivity contribution in [2.24, 2.45) is 5.92 Å². The lowest BCUT2D eigenvalue weighted by Crippen LogP contribution is -2.46. The van der Waals surface area contributed by atoms with Gasteiger partial charge in [-0.15, -0.1) is 0 Å². The molecule has 0 bridgehead atoms. The molecule has 3 rings (SSSR count). The summed E-state index contributed by atoms with van der Waals surface area (Å²) in [6.07, 6.45) is -0.577. The molecule has 1 aliphatic carbocycles. The van der Waals surface area contributed by atoms with Crippen LogP contribution >= 0.6 is 0 Å². The van der Waals surface area contributed by atoms with Crippen molar-refractivity contribution in [3.05, 3.63) is 71.3 Å². The zero-order chi connectivity index (χ0) is 17.6. The van der Waals surface area contributed by atoms with Crippen LogP contribution in [0.3, 0.4) is 0 Å².